The molecule has 1 saturated heterocycles. The average molecular weight is 265 g/mol. The SMILES string of the molecule is C[C@@H](N)c1c(F)cccc1N1CCCC1CN(C)C. The van der Waals surface area contributed by atoms with Gasteiger partial charge in [-0.05, 0) is 46.0 Å². The fourth-order valence-corrected chi connectivity index (χ4v) is 2.99. The van der Waals surface area contributed by atoms with Gasteiger partial charge in [0.15, 0.2) is 0 Å². The van der Waals surface area contributed by atoms with E-state index in [0.29, 0.717) is 11.6 Å². The van der Waals surface area contributed by atoms with Crippen molar-refractivity contribution in [3.8, 4) is 0 Å². The van der Waals surface area contributed by atoms with E-state index in [9.17, 15) is 4.39 Å². The molecule has 1 unspecified atom stereocenters. The molecule has 0 spiro atoms. The minimum absolute atomic E-state index is 0.192. The molecular weight excluding hydrogens is 241 g/mol. The summed E-state index contributed by atoms with van der Waals surface area (Å²) in [5, 5.41) is 0. The Balaban J connectivity index is 2.32. The largest absolute Gasteiger partial charge is 0.367 e. The molecule has 1 fully saturated rings. The van der Waals surface area contributed by atoms with Crippen molar-refractivity contribution in [2.24, 2.45) is 5.73 Å². The van der Waals surface area contributed by atoms with Crippen molar-refractivity contribution in [2.45, 2.75) is 31.8 Å². The van der Waals surface area contributed by atoms with Crippen LogP contribution >= 0.6 is 0 Å². The summed E-state index contributed by atoms with van der Waals surface area (Å²) in [6.07, 6.45) is 2.32. The molecule has 0 aliphatic carbocycles. The zero-order chi connectivity index (χ0) is 14.0. The summed E-state index contributed by atoms with van der Waals surface area (Å²) < 4.78 is 14.0. The van der Waals surface area contributed by atoms with Crippen molar-refractivity contribution in [2.75, 3.05) is 32.1 Å². The number of nitrogens with two attached hydrogens (primary N) is 1. The van der Waals surface area contributed by atoms with Gasteiger partial charge in [0, 0.05) is 36.4 Å². The molecule has 1 aromatic carbocycles. The summed E-state index contributed by atoms with van der Waals surface area (Å²) in [6.45, 7) is 3.83. The molecular formula is C15H24FN3. The number of halogens is 1. The van der Waals surface area contributed by atoms with E-state index in [1.54, 1.807) is 6.07 Å². The van der Waals surface area contributed by atoms with Crippen LogP contribution in [0.15, 0.2) is 18.2 Å². The molecule has 1 aliphatic rings. The Morgan fingerprint density at radius 2 is 2.21 bits per heavy atom. The Labute approximate surface area is 115 Å². The molecule has 2 N–H and O–H groups in total. The van der Waals surface area contributed by atoms with Crippen molar-refractivity contribution < 1.29 is 4.39 Å². The minimum Gasteiger partial charge on any atom is -0.367 e. The Bertz CT molecular complexity index is 431. The minimum atomic E-state index is -0.281. The number of benzene rings is 1. The van der Waals surface area contributed by atoms with Gasteiger partial charge >= 0.3 is 0 Å². The lowest BCUT2D eigenvalue weighted by Crippen LogP contribution is -2.38. The third-order valence-corrected chi connectivity index (χ3v) is 3.75. The maximum atomic E-state index is 14.0. The van der Waals surface area contributed by atoms with Crippen molar-refractivity contribution in [1.82, 2.24) is 4.90 Å². The molecule has 19 heavy (non-hydrogen) atoms. The number of rotatable bonds is 4. The Morgan fingerprint density at radius 3 is 2.84 bits per heavy atom. The van der Waals surface area contributed by atoms with Gasteiger partial charge in [0.2, 0.25) is 0 Å². The summed E-state index contributed by atoms with van der Waals surface area (Å²) in [7, 11) is 4.16. The second kappa shape index (κ2) is 5.88. The summed E-state index contributed by atoms with van der Waals surface area (Å²) in [4.78, 5) is 4.51. The molecule has 0 saturated carbocycles. The van der Waals surface area contributed by atoms with Crippen LogP contribution in [0, 0.1) is 5.82 Å². The lowest BCUT2D eigenvalue weighted by Gasteiger charge is -2.31. The molecule has 106 valence electrons. The highest BCUT2D eigenvalue weighted by Crippen LogP contribution is 2.33. The molecule has 2 rings (SSSR count). The molecule has 1 aromatic rings. The normalized spacial score (nSPS) is 21.2. The average Bonchev–Trinajstić information content (AvgIpc) is 2.75. The number of hydrogen-bond donors (Lipinski definition) is 1. The molecule has 1 heterocycles. The smallest absolute Gasteiger partial charge is 0.130 e. The Hall–Kier alpha value is -1.13. The maximum absolute atomic E-state index is 14.0. The molecule has 0 radical (unpaired) electrons. The molecule has 2 atom stereocenters. The van der Waals surface area contributed by atoms with E-state index in [2.05, 4.69) is 23.9 Å². The van der Waals surface area contributed by atoms with E-state index in [1.165, 1.54) is 6.07 Å². The summed E-state index contributed by atoms with van der Waals surface area (Å²) >= 11 is 0. The van der Waals surface area contributed by atoms with Gasteiger partial charge in [0.1, 0.15) is 5.82 Å². The predicted molar refractivity (Wildman–Crippen MR) is 77.9 cm³/mol. The van der Waals surface area contributed by atoms with Crippen LogP contribution in [0.4, 0.5) is 10.1 Å². The van der Waals surface area contributed by atoms with Gasteiger partial charge in [-0.3, -0.25) is 0 Å². The second-order valence-electron chi connectivity index (χ2n) is 5.71. The van der Waals surface area contributed by atoms with Crippen LogP contribution in [-0.4, -0.2) is 38.1 Å². The van der Waals surface area contributed by atoms with Crippen LogP contribution in [0.25, 0.3) is 0 Å². The number of anilines is 1. The summed E-state index contributed by atoms with van der Waals surface area (Å²) in [5.41, 5.74) is 7.57. The van der Waals surface area contributed by atoms with E-state index >= 15 is 0 Å². The van der Waals surface area contributed by atoms with Gasteiger partial charge in [0.05, 0.1) is 0 Å². The fourth-order valence-electron chi connectivity index (χ4n) is 2.99. The van der Waals surface area contributed by atoms with Gasteiger partial charge in [-0.1, -0.05) is 6.07 Å². The first-order chi connectivity index (χ1) is 9.00. The quantitative estimate of drug-likeness (QED) is 0.907. The fraction of sp³-hybridized carbons (Fsp3) is 0.600. The first-order valence-corrected chi connectivity index (χ1v) is 6.96. The molecule has 0 bridgehead atoms. The first kappa shape index (κ1) is 14.3. The monoisotopic (exact) mass is 265 g/mol. The van der Waals surface area contributed by atoms with E-state index in [4.69, 9.17) is 5.73 Å². The highest BCUT2D eigenvalue weighted by atomic mass is 19.1. The molecule has 1 aliphatic heterocycles. The third-order valence-electron chi connectivity index (χ3n) is 3.75. The van der Waals surface area contributed by atoms with Gasteiger partial charge in [0.25, 0.3) is 0 Å². The topological polar surface area (TPSA) is 32.5 Å². The number of nitrogens with zero attached hydrogens (tertiary/aromatic N) is 2. The lowest BCUT2D eigenvalue weighted by molar-refractivity contribution is 0.371. The molecule has 0 amide bonds. The molecule has 0 aromatic heterocycles. The molecule has 4 heteroatoms. The summed E-state index contributed by atoms with van der Waals surface area (Å²) in [6, 6.07) is 5.45. The van der Waals surface area contributed by atoms with Crippen LogP contribution in [0.3, 0.4) is 0 Å². The second-order valence-corrected chi connectivity index (χ2v) is 5.71. The number of hydrogen-bond acceptors (Lipinski definition) is 3. The summed E-state index contributed by atoms with van der Waals surface area (Å²) in [5.74, 6) is -0.192. The zero-order valence-electron chi connectivity index (χ0n) is 12.1. The standard InChI is InChI=1S/C15H24FN3/c1-11(17)15-13(16)7-4-8-14(15)19-9-5-6-12(19)10-18(2)3/h4,7-8,11-12H,5-6,9-10,17H2,1-3H3/t11-,12?/m1/s1. The van der Waals surface area contributed by atoms with Crippen LogP contribution < -0.4 is 10.6 Å². The Morgan fingerprint density at radius 1 is 1.47 bits per heavy atom. The predicted octanol–water partition coefficient (Wildman–Crippen LogP) is 2.38. The van der Waals surface area contributed by atoms with Gasteiger partial charge < -0.3 is 15.5 Å². The van der Waals surface area contributed by atoms with Crippen LogP contribution in [0.1, 0.15) is 31.4 Å². The van der Waals surface area contributed by atoms with E-state index < -0.39 is 0 Å². The zero-order valence-corrected chi connectivity index (χ0v) is 12.1. The van der Waals surface area contributed by atoms with Gasteiger partial charge in [-0.2, -0.15) is 0 Å². The van der Waals surface area contributed by atoms with Crippen LogP contribution in [0.2, 0.25) is 0 Å². The highest BCUT2D eigenvalue weighted by molar-refractivity contribution is 5.57. The molecule has 3 nitrogen and oxygen atoms in total. The first-order valence-electron chi connectivity index (χ1n) is 6.96. The van der Waals surface area contributed by atoms with E-state index in [-0.39, 0.29) is 11.9 Å². The van der Waals surface area contributed by atoms with Gasteiger partial charge in [-0.25, -0.2) is 4.39 Å². The lowest BCUT2D eigenvalue weighted by atomic mass is 10.0. The van der Waals surface area contributed by atoms with Crippen molar-refractivity contribution in [3.63, 3.8) is 0 Å². The highest BCUT2D eigenvalue weighted by Gasteiger charge is 2.28. The van der Waals surface area contributed by atoms with Crippen molar-refractivity contribution in [1.29, 1.82) is 0 Å². The number of likely N-dealkylation sites (N-methyl/N-ethyl adjacent to an activating group) is 1. The van der Waals surface area contributed by atoms with Crippen LogP contribution in [0.5, 0.6) is 0 Å². The van der Waals surface area contributed by atoms with Gasteiger partial charge in [-0.15, -0.1) is 0 Å². The van der Waals surface area contributed by atoms with Crippen molar-refractivity contribution in [3.05, 3.63) is 29.6 Å². The Kier molecular flexibility index (Phi) is 4.42. The van der Waals surface area contributed by atoms with Crippen molar-refractivity contribution >= 4 is 5.69 Å². The van der Waals surface area contributed by atoms with Crippen LogP contribution in [-0.2, 0) is 0 Å². The third kappa shape index (κ3) is 3.07. The maximum Gasteiger partial charge on any atom is 0.130 e. The van der Waals surface area contributed by atoms with E-state index in [1.807, 2.05) is 13.0 Å². The van der Waals surface area contributed by atoms with E-state index in [0.717, 1.165) is 31.6 Å².